The average Bonchev–Trinajstić information content (AvgIpc) is 2.33. The third-order valence-electron chi connectivity index (χ3n) is 3.50. The van der Waals surface area contributed by atoms with Crippen molar-refractivity contribution >= 4 is 5.78 Å². The molecule has 0 N–H and O–H groups in total. The predicted octanol–water partition coefficient (Wildman–Crippen LogP) is 4.66. The minimum Gasteiger partial charge on any atom is -0.300 e. The molecule has 1 nitrogen and oxygen atoms in total. The maximum atomic E-state index is 11.4. The van der Waals surface area contributed by atoms with Gasteiger partial charge in [-0.1, -0.05) is 38.3 Å². The second kappa shape index (κ2) is 8.55. The smallest absolute Gasteiger partial charge is 0.132 e. The molecule has 0 radical (unpaired) electrons. The molecular formula is C15H26O. The monoisotopic (exact) mass is 222 g/mol. The Morgan fingerprint density at radius 2 is 2.00 bits per heavy atom. The number of rotatable bonds is 8. The quantitative estimate of drug-likeness (QED) is 0.431. The first kappa shape index (κ1) is 13.5. The first-order valence-corrected chi connectivity index (χ1v) is 6.99. The lowest BCUT2D eigenvalue weighted by atomic mass is 9.89. The molecule has 1 heteroatoms. The zero-order chi connectivity index (χ0) is 11.6. The number of carbonyl (C=O) groups excluding carboxylic acids is 1. The van der Waals surface area contributed by atoms with Crippen LogP contribution in [0, 0.1) is 5.92 Å². The minimum absolute atomic E-state index is 0.477. The number of allylic oxidation sites excluding steroid dienone is 2. The topological polar surface area (TPSA) is 17.1 Å². The van der Waals surface area contributed by atoms with Crippen molar-refractivity contribution in [1.82, 2.24) is 0 Å². The van der Waals surface area contributed by atoms with Crippen molar-refractivity contribution < 1.29 is 4.79 Å². The largest absolute Gasteiger partial charge is 0.300 e. The molecule has 0 bridgehead atoms. The van der Waals surface area contributed by atoms with Crippen LogP contribution in [-0.2, 0) is 4.79 Å². The van der Waals surface area contributed by atoms with Crippen LogP contribution in [0.5, 0.6) is 0 Å². The molecule has 0 aromatic carbocycles. The second-order valence-corrected chi connectivity index (χ2v) is 5.04. The molecule has 1 aliphatic carbocycles. The molecule has 0 spiro atoms. The number of unbranched alkanes of at least 4 members (excludes halogenated alkanes) is 2. The van der Waals surface area contributed by atoms with E-state index in [0.29, 0.717) is 5.78 Å². The molecule has 0 aromatic heterocycles. The standard InChI is InChI=1S/C15H26O/c1-2-3-12-15(16)13-8-7-11-14-9-5-4-6-10-14/h4-5,14H,2-3,6-13H2,1H3. The predicted molar refractivity (Wildman–Crippen MR) is 69.5 cm³/mol. The van der Waals surface area contributed by atoms with Gasteiger partial charge in [0.1, 0.15) is 5.78 Å². The van der Waals surface area contributed by atoms with Crippen LogP contribution in [0.15, 0.2) is 12.2 Å². The molecule has 1 aliphatic rings. The van der Waals surface area contributed by atoms with E-state index >= 15 is 0 Å². The summed E-state index contributed by atoms with van der Waals surface area (Å²) in [5, 5.41) is 0. The fraction of sp³-hybridized carbons (Fsp3) is 0.800. The lowest BCUT2D eigenvalue weighted by Gasteiger charge is -2.16. The van der Waals surface area contributed by atoms with Crippen LogP contribution in [-0.4, -0.2) is 5.78 Å². The molecule has 0 aromatic rings. The highest BCUT2D eigenvalue weighted by molar-refractivity contribution is 5.78. The molecule has 1 rings (SSSR count). The highest BCUT2D eigenvalue weighted by atomic mass is 16.1. The third kappa shape index (κ3) is 6.09. The van der Waals surface area contributed by atoms with E-state index in [-0.39, 0.29) is 0 Å². The van der Waals surface area contributed by atoms with Crippen molar-refractivity contribution in [2.75, 3.05) is 0 Å². The molecule has 0 fully saturated rings. The summed E-state index contributed by atoms with van der Waals surface area (Å²) in [5.41, 5.74) is 0. The van der Waals surface area contributed by atoms with Gasteiger partial charge in [-0.2, -0.15) is 0 Å². The summed E-state index contributed by atoms with van der Waals surface area (Å²) >= 11 is 0. The fourth-order valence-electron chi connectivity index (χ4n) is 2.37. The van der Waals surface area contributed by atoms with Gasteiger partial charge in [-0.3, -0.25) is 4.79 Å². The zero-order valence-electron chi connectivity index (χ0n) is 10.7. The lowest BCUT2D eigenvalue weighted by molar-refractivity contribution is -0.119. The summed E-state index contributed by atoms with van der Waals surface area (Å²) in [5.74, 6) is 1.38. The Balaban J connectivity index is 1.94. The Hall–Kier alpha value is -0.590. The van der Waals surface area contributed by atoms with Crippen LogP contribution in [0.25, 0.3) is 0 Å². The molecular weight excluding hydrogens is 196 g/mol. The van der Waals surface area contributed by atoms with E-state index in [0.717, 1.165) is 38.0 Å². The number of Topliss-reactive ketones (excluding diaryl/α,β-unsaturated/α-hetero) is 1. The van der Waals surface area contributed by atoms with Crippen LogP contribution >= 0.6 is 0 Å². The number of ketones is 1. The van der Waals surface area contributed by atoms with Crippen LogP contribution < -0.4 is 0 Å². The molecule has 92 valence electrons. The van der Waals surface area contributed by atoms with E-state index in [1.807, 2.05) is 0 Å². The van der Waals surface area contributed by atoms with Crippen molar-refractivity contribution in [3.05, 3.63) is 12.2 Å². The summed E-state index contributed by atoms with van der Waals surface area (Å²) in [6.45, 7) is 2.14. The van der Waals surface area contributed by atoms with Crippen LogP contribution in [0.1, 0.15) is 71.1 Å². The third-order valence-corrected chi connectivity index (χ3v) is 3.50. The van der Waals surface area contributed by atoms with Gasteiger partial charge in [-0.05, 0) is 38.0 Å². The van der Waals surface area contributed by atoms with E-state index in [2.05, 4.69) is 19.1 Å². The minimum atomic E-state index is 0.477. The van der Waals surface area contributed by atoms with Gasteiger partial charge >= 0.3 is 0 Å². The summed E-state index contributed by atoms with van der Waals surface area (Å²) in [7, 11) is 0. The van der Waals surface area contributed by atoms with Gasteiger partial charge in [0.15, 0.2) is 0 Å². The first-order chi connectivity index (χ1) is 7.83. The van der Waals surface area contributed by atoms with Crippen LogP contribution in [0.4, 0.5) is 0 Å². The van der Waals surface area contributed by atoms with Gasteiger partial charge in [0, 0.05) is 12.8 Å². The Bertz CT molecular complexity index is 217. The molecule has 1 unspecified atom stereocenters. The van der Waals surface area contributed by atoms with Crippen molar-refractivity contribution in [2.24, 2.45) is 5.92 Å². The fourth-order valence-corrected chi connectivity index (χ4v) is 2.37. The van der Waals surface area contributed by atoms with E-state index < -0.39 is 0 Å². The highest BCUT2D eigenvalue weighted by Gasteiger charge is 2.09. The molecule has 0 saturated heterocycles. The Labute approximate surface area is 100 Å². The highest BCUT2D eigenvalue weighted by Crippen LogP contribution is 2.23. The molecule has 0 heterocycles. The van der Waals surface area contributed by atoms with E-state index in [9.17, 15) is 4.79 Å². The van der Waals surface area contributed by atoms with E-state index in [1.165, 1.54) is 32.1 Å². The van der Waals surface area contributed by atoms with Crippen molar-refractivity contribution in [3.63, 3.8) is 0 Å². The molecule has 1 atom stereocenters. The van der Waals surface area contributed by atoms with Gasteiger partial charge < -0.3 is 0 Å². The normalized spacial score (nSPS) is 19.9. The van der Waals surface area contributed by atoms with Gasteiger partial charge in [0.05, 0.1) is 0 Å². The van der Waals surface area contributed by atoms with Crippen LogP contribution in [0.2, 0.25) is 0 Å². The zero-order valence-corrected chi connectivity index (χ0v) is 10.7. The maximum absolute atomic E-state index is 11.4. The second-order valence-electron chi connectivity index (χ2n) is 5.04. The van der Waals surface area contributed by atoms with Crippen molar-refractivity contribution in [3.8, 4) is 0 Å². The number of hydrogen-bond donors (Lipinski definition) is 0. The molecule has 0 amide bonds. The summed E-state index contributed by atoms with van der Waals surface area (Å²) in [6, 6.07) is 0. The summed E-state index contributed by atoms with van der Waals surface area (Å²) in [6.07, 6.45) is 16.0. The van der Waals surface area contributed by atoms with E-state index in [4.69, 9.17) is 0 Å². The van der Waals surface area contributed by atoms with Crippen molar-refractivity contribution in [2.45, 2.75) is 71.1 Å². The van der Waals surface area contributed by atoms with Gasteiger partial charge in [0.2, 0.25) is 0 Å². The SMILES string of the molecule is CCCCC(=O)CCCCC1CC=CCC1. The Kier molecular flexibility index (Phi) is 7.20. The molecule has 0 aliphatic heterocycles. The number of hydrogen-bond acceptors (Lipinski definition) is 1. The van der Waals surface area contributed by atoms with Gasteiger partial charge in [-0.25, -0.2) is 0 Å². The summed E-state index contributed by atoms with van der Waals surface area (Å²) in [4.78, 5) is 11.4. The van der Waals surface area contributed by atoms with Crippen LogP contribution in [0.3, 0.4) is 0 Å². The molecule has 16 heavy (non-hydrogen) atoms. The van der Waals surface area contributed by atoms with Crippen molar-refractivity contribution in [1.29, 1.82) is 0 Å². The summed E-state index contributed by atoms with van der Waals surface area (Å²) < 4.78 is 0. The Morgan fingerprint density at radius 1 is 1.19 bits per heavy atom. The molecule has 0 saturated carbocycles. The Morgan fingerprint density at radius 3 is 2.69 bits per heavy atom. The number of carbonyl (C=O) groups is 1. The average molecular weight is 222 g/mol. The van der Waals surface area contributed by atoms with E-state index in [1.54, 1.807) is 0 Å². The van der Waals surface area contributed by atoms with Gasteiger partial charge in [0.25, 0.3) is 0 Å². The first-order valence-electron chi connectivity index (χ1n) is 6.99. The maximum Gasteiger partial charge on any atom is 0.132 e. The van der Waals surface area contributed by atoms with Gasteiger partial charge in [-0.15, -0.1) is 0 Å². The lowest BCUT2D eigenvalue weighted by Crippen LogP contribution is -2.03.